The molecule has 0 fully saturated rings. The van der Waals surface area contributed by atoms with Crippen molar-refractivity contribution in [1.29, 1.82) is 0 Å². The number of esters is 1. The van der Waals surface area contributed by atoms with E-state index in [-0.39, 0.29) is 12.6 Å². The summed E-state index contributed by atoms with van der Waals surface area (Å²) in [5.41, 5.74) is 7.51. The maximum Gasteiger partial charge on any atom is 0.342 e. The molecule has 0 saturated heterocycles. The lowest BCUT2D eigenvalue weighted by Crippen LogP contribution is -2.17. The minimum absolute atomic E-state index is 0.172. The summed E-state index contributed by atoms with van der Waals surface area (Å²) in [6.45, 7) is 12.1. The summed E-state index contributed by atoms with van der Waals surface area (Å²) in [5, 5.41) is 0. The highest BCUT2D eigenvalue weighted by Crippen LogP contribution is 1.98. The van der Waals surface area contributed by atoms with E-state index >= 15 is 0 Å². The number of hydrogen-bond acceptors (Lipinski definition) is 2. The molecular formula is C13H20O2Si. The summed E-state index contributed by atoms with van der Waals surface area (Å²) >= 11 is 0. The minimum Gasteiger partial charge on any atom is -0.449 e. The van der Waals surface area contributed by atoms with Crippen LogP contribution in [-0.4, -0.2) is 20.7 Å². The van der Waals surface area contributed by atoms with Gasteiger partial charge in [0.2, 0.25) is 0 Å². The van der Waals surface area contributed by atoms with Crippen LogP contribution in [0.3, 0.4) is 0 Å². The van der Waals surface area contributed by atoms with Crippen molar-refractivity contribution < 1.29 is 9.53 Å². The van der Waals surface area contributed by atoms with E-state index in [0.29, 0.717) is 5.57 Å². The smallest absolute Gasteiger partial charge is 0.342 e. The molecule has 0 aromatic carbocycles. The van der Waals surface area contributed by atoms with Crippen LogP contribution in [0, 0.1) is 11.5 Å². The first-order chi connectivity index (χ1) is 7.22. The van der Waals surface area contributed by atoms with Crippen LogP contribution in [0.2, 0.25) is 19.6 Å². The third-order valence-electron chi connectivity index (χ3n) is 1.48. The van der Waals surface area contributed by atoms with Gasteiger partial charge < -0.3 is 4.74 Å². The SMILES string of the molecule is CC(C)=C=C(C)C(=O)OCC#C[Si](C)(C)C. The van der Waals surface area contributed by atoms with Crippen LogP contribution in [-0.2, 0) is 9.53 Å². The van der Waals surface area contributed by atoms with Crippen LogP contribution in [0.1, 0.15) is 20.8 Å². The van der Waals surface area contributed by atoms with Crippen LogP contribution in [0.25, 0.3) is 0 Å². The average molecular weight is 236 g/mol. The number of carbonyl (C=O) groups excluding carboxylic acids is 1. The Kier molecular flexibility index (Phi) is 5.88. The van der Waals surface area contributed by atoms with E-state index in [1.54, 1.807) is 6.92 Å². The third kappa shape index (κ3) is 8.11. The molecule has 0 aliphatic carbocycles. The van der Waals surface area contributed by atoms with Crippen molar-refractivity contribution in [3.63, 3.8) is 0 Å². The molecule has 0 amide bonds. The number of rotatable bonds is 2. The molecule has 0 aliphatic heterocycles. The van der Waals surface area contributed by atoms with Gasteiger partial charge in [-0.15, -0.1) is 11.3 Å². The monoisotopic (exact) mass is 236 g/mol. The van der Waals surface area contributed by atoms with Crippen molar-refractivity contribution in [3.8, 4) is 11.5 Å². The molecule has 0 aliphatic rings. The largest absolute Gasteiger partial charge is 0.449 e. The molecular weight excluding hydrogens is 216 g/mol. The number of ether oxygens (including phenoxy) is 1. The minimum atomic E-state index is -1.36. The molecule has 16 heavy (non-hydrogen) atoms. The van der Waals surface area contributed by atoms with Gasteiger partial charge in [-0.1, -0.05) is 25.6 Å². The van der Waals surface area contributed by atoms with Gasteiger partial charge in [0.05, 0.1) is 5.57 Å². The van der Waals surface area contributed by atoms with Crippen LogP contribution < -0.4 is 0 Å². The van der Waals surface area contributed by atoms with Gasteiger partial charge in [-0.2, -0.15) is 0 Å². The molecule has 0 bridgehead atoms. The van der Waals surface area contributed by atoms with E-state index in [0.717, 1.165) is 5.57 Å². The second-order valence-corrected chi connectivity index (χ2v) is 9.63. The fourth-order valence-corrected chi connectivity index (χ4v) is 1.54. The van der Waals surface area contributed by atoms with E-state index in [4.69, 9.17) is 4.74 Å². The molecule has 0 rings (SSSR count). The second kappa shape index (κ2) is 6.37. The second-order valence-electron chi connectivity index (χ2n) is 4.88. The Hall–Kier alpha value is -1.23. The predicted octanol–water partition coefficient (Wildman–Crippen LogP) is 2.92. The van der Waals surface area contributed by atoms with Gasteiger partial charge in [0.15, 0.2) is 6.61 Å². The normalized spacial score (nSPS) is 9.62. The van der Waals surface area contributed by atoms with Crippen molar-refractivity contribution >= 4 is 14.0 Å². The Morgan fingerprint density at radius 3 is 2.19 bits per heavy atom. The van der Waals surface area contributed by atoms with Gasteiger partial charge in [0.1, 0.15) is 8.07 Å². The van der Waals surface area contributed by atoms with Crippen LogP contribution in [0.5, 0.6) is 0 Å². The summed E-state index contributed by atoms with van der Waals surface area (Å²) in [6.07, 6.45) is 0. The number of hydrogen-bond donors (Lipinski definition) is 0. The fourth-order valence-electron chi connectivity index (χ4n) is 0.937. The predicted molar refractivity (Wildman–Crippen MR) is 69.6 cm³/mol. The molecule has 0 atom stereocenters. The van der Waals surface area contributed by atoms with Crippen LogP contribution in [0.4, 0.5) is 0 Å². The highest BCUT2D eigenvalue weighted by Gasteiger charge is 2.07. The van der Waals surface area contributed by atoms with Crippen LogP contribution >= 0.6 is 0 Å². The molecule has 0 N–H and O–H groups in total. The summed E-state index contributed by atoms with van der Waals surface area (Å²) < 4.78 is 5.00. The zero-order valence-electron chi connectivity index (χ0n) is 11.0. The van der Waals surface area contributed by atoms with E-state index in [1.807, 2.05) is 13.8 Å². The lowest BCUT2D eigenvalue weighted by Gasteiger charge is -2.03. The van der Waals surface area contributed by atoms with Crippen molar-refractivity contribution in [1.82, 2.24) is 0 Å². The Morgan fingerprint density at radius 1 is 1.19 bits per heavy atom. The van der Waals surface area contributed by atoms with Crippen molar-refractivity contribution in [2.45, 2.75) is 40.4 Å². The maximum atomic E-state index is 11.4. The average Bonchev–Trinajstić information content (AvgIpc) is 2.09. The highest BCUT2D eigenvalue weighted by atomic mass is 28.3. The van der Waals surface area contributed by atoms with Crippen molar-refractivity contribution in [3.05, 3.63) is 16.9 Å². The Morgan fingerprint density at radius 2 is 1.75 bits per heavy atom. The maximum absolute atomic E-state index is 11.4. The van der Waals surface area contributed by atoms with E-state index in [2.05, 4.69) is 36.8 Å². The standard InChI is InChI=1S/C13H20O2Si/c1-11(2)10-12(3)13(14)15-8-7-9-16(4,5)6/h8H2,1-6H3. The van der Waals surface area contributed by atoms with Gasteiger partial charge in [-0.3, -0.25) is 0 Å². The molecule has 0 spiro atoms. The summed E-state index contributed by atoms with van der Waals surface area (Å²) in [5.74, 6) is 2.54. The summed E-state index contributed by atoms with van der Waals surface area (Å²) in [4.78, 5) is 11.4. The summed E-state index contributed by atoms with van der Waals surface area (Å²) in [7, 11) is -1.36. The molecule has 0 radical (unpaired) electrons. The zero-order valence-corrected chi connectivity index (χ0v) is 12.0. The van der Waals surface area contributed by atoms with E-state index < -0.39 is 8.07 Å². The van der Waals surface area contributed by atoms with Gasteiger partial charge in [0, 0.05) is 0 Å². The van der Waals surface area contributed by atoms with E-state index in [9.17, 15) is 4.79 Å². The van der Waals surface area contributed by atoms with Gasteiger partial charge >= 0.3 is 5.97 Å². The molecule has 0 heterocycles. The van der Waals surface area contributed by atoms with Crippen LogP contribution in [0.15, 0.2) is 16.9 Å². The first-order valence-electron chi connectivity index (χ1n) is 5.30. The molecule has 0 saturated carbocycles. The lowest BCUT2D eigenvalue weighted by atomic mass is 10.2. The van der Waals surface area contributed by atoms with E-state index in [1.165, 1.54) is 0 Å². The fraction of sp³-hybridized carbons (Fsp3) is 0.538. The van der Waals surface area contributed by atoms with Crippen molar-refractivity contribution in [2.24, 2.45) is 0 Å². The Bertz CT molecular complexity index is 378. The molecule has 2 nitrogen and oxygen atoms in total. The molecule has 0 aromatic heterocycles. The number of carbonyl (C=O) groups is 1. The first-order valence-corrected chi connectivity index (χ1v) is 8.80. The Balaban J connectivity index is 4.30. The van der Waals surface area contributed by atoms with Gasteiger partial charge in [0.25, 0.3) is 0 Å². The zero-order chi connectivity index (χ0) is 12.8. The first kappa shape index (κ1) is 14.8. The molecule has 0 unspecified atom stereocenters. The highest BCUT2D eigenvalue weighted by molar-refractivity contribution is 6.83. The quantitative estimate of drug-likeness (QED) is 0.242. The summed E-state index contributed by atoms with van der Waals surface area (Å²) in [6, 6.07) is 0. The third-order valence-corrected chi connectivity index (χ3v) is 2.41. The molecule has 88 valence electrons. The Labute approximate surface area is 99.4 Å². The topological polar surface area (TPSA) is 26.3 Å². The lowest BCUT2D eigenvalue weighted by molar-refractivity contribution is -0.137. The molecule has 3 heteroatoms. The van der Waals surface area contributed by atoms with Gasteiger partial charge in [-0.05, 0) is 26.3 Å². The van der Waals surface area contributed by atoms with Crippen molar-refractivity contribution in [2.75, 3.05) is 6.61 Å². The van der Waals surface area contributed by atoms with Gasteiger partial charge in [-0.25, -0.2) is 4.79 Å². The molecule has 0 aromatic rings.